The van der Waals surface area contributed by atoms with Crippen LogP contribution in [0.4, 0.5) is 4.39 Å². The Hall–Kier alpha value is -3.23. The molecule has 3 aromatic rings. The molecule has 1 saturated heterocycles. The monoisotopic (exact) mass is 468 g/mol. The summed E-state index contributed by atoms with van der Waals surface area (Å²) >= 11 is 1.45. The van der Waals surface area contributed by atoms with Crippen LogP contribution in [0.25, 0.3) is 0 Å². The number of carbonyl (C=O) groups excluding carboxylic acids is 2. The van der Waals surface area contributed by atoms with E-state index in [4.69, 9.17) is 4.74 Å². The first kappa shape index (κ1) is 22.9. The van der Waals surface area contributed by atoms with Crippen molar-refractivity contribution in [3.63, 3.8) is 0 Å². The van der Waals surface area contributed by atoms with E-state index in [0.717, 1.165) is 4.88 Å². The van der Waals surface area contributed by atoms with E-state index in [1.807, 2.05) is 35.7 Å². The summed E-state index contributed by atoms with van der Waals surface area (Å²) in [6.45, 7) is 1.81. The second-order valence-corrected chi connectivity index (χ2v) is 9.19. The molecule has 172 valence electrons. The van der Waals surface area contributed by atoms with Crippen LogP contribution in [0, 0.1) is 5.82 Å². The molecule has 1 aromatic heterocycles. The zero-order valence-corrected chi connectivity index (χ0v) is 18.9. The van der Waals surface area contributed by atoms with Gasteiger partial charge in [0.25, 0.3) is 11.8 Å². The molecule has 2 N–H and O–H groups in total. The number of thiophene rings is 1. The zero-order valence-electron chi connectivity index (χ0n) is 18.1. The maximum Gasteiger partial charge on any atom is 0.261 e. The minimum absolute atomic E-state index is 0.160. The Balaban J connectivity index is 1.59. The van der Waals surface area contributed by atoms with Crippen LogP contribution in [0.15, 0.2) is 72.1 Å². The van der Waals surface area contributed by atoms with Crippen molar-refractivity contribution >= 4 is 23.2 Å². The Morgan fingerprint density at radius 2 is 1.88 bits per heavy atom. The van der Waals surface area contributed by atoms with Gasteiger partial charge in [-0.2, -0.15) is 0 Å². The van der Waals surface area contributed by atoms with Gasteiger partial charge < -0.3 is 20.1 Å². The second kappa shape index (κ2) is 9.72. The lowest BCUT2D eigenvalue weighted by atomic mass is 9.81. The van der Waals surface area contributed by atoms with Crippen molar-refractivity contribution in [1.29, 1.82) is 0 Å². The fourth-order valence-corrected chi connectivity index (χ4v) is 4.90. The molecule has 2 heterocycles. The Morgan fingerprint density at radius 3 is 2.55 bits per heavy atom. The second-order valence-electron chi connectivity index (χ2n) is 8.21. The SMILES string of the molecule is C[C@@]1(O)CCN(C(=O)COc2ccccc2)[C@@H](c2cccs2)[C@@H]1NC(=O)c1ccc(F)cc1. The molecule has 2 amide bonds. The number of para-hydroxylation sites is 1. The highest BCUT2D eigenvalue weighted by atomic mass is 32.1. The van der Waals surface area contributed by atoms with Gasteiger partial charge in [0.1, 0.15) is 11.6 Å². The average molecular weight is 469 g/mol. The number of amides is 2. The maximum atomic E-state index is 13.3. The Kier molecular flexibility index (Phi) is 6.76. The molecule has 6 nitrogen and oxygen atoms in total. The smallest absolute Gasteiger partial charge is 0.261 e. The van der Waals surface area contributed by atoms with Crippen molar-refractivity contribution in [3.8, 4) is 5.75 Å². The molecular weight excluding hydrogens is 443 g/mol. The van der Waals surface area contributed by atoms with Crippen molar-refractivity contribution in [3.05, 3.63) is 88.4 Å². The first-order valence-electron chi connectivity index (χ1n) is 10.6. The Bertz CT molecular complexity index is 1090. The van der Waals surface area contributed by atoms with Crippen molar-refractivity contribution < 1.29 is 23.8 Å². The normalized spacial score (nSPS) is 22.6. The molecule has 1 aliphatic rings. The number of benzene rings is 2. The molecule has 1 aliphatic heterocycles. The van der Waals surface area contributed by atoms with E-state index in [1.54, 1.807) is 24.0 Å². The van der Waals surface area contributed by atoms with Gasteiger partial charge in [0.2, 0.25) is 0 Å². The van der Waals surface area contributed by atoms with Crippen LogP contribution in [-0.4, -0.2) is 46.6 Å². The number of piperidine rings is 1. The van der Waals surface area contributed by atoms with Crippen LogP contribution in [-0.2, 0) is 4.79 Å². The predicted molar refractivity (Wildman–Crippen MR) is 124 cm³/mol. The molecule has 8 heteroatoms. The highest BCUT2D eigenvalue weighted by Gasteiger charge is 2.48. The molecule has 0 aliphatic carbocycles. The molecule has 33 heavy (non-hydrogen) atoms. The van der Waals surface area contributed by atoms with Gasteiger partial charge in [-0.25, -0.2) is 4.39 Å². The van der Waals surface area contributed by atoms with Crippen molar-refractivity contribution in [1.82, 2.24) is 10.2 Å². The highest BCUT2D eigenvalue weighted by Crippen LogP contribution is 2.39. The number of rotatable bonds is 6. The summed E-state index contributed by atoms with van der Waals surface area (Å²) < 4.78 is 19.0. The van der Waals surface area contributed by atoms with Crippen LogP contribution in [0.2, 0.25) is 0 Å². The van der Waals surface area contributed by atoms with Gasteiger partial charge in [-0.1, -0.05) is 24.3 Å². The first-order valence-corrected chi connectivity index (χ1v) is 11.5. The van der Waals surface area contributed by atoms with E-state index in [2.05, 4.69) is 5.32 Å². The van der Waals surface area contributed by atoms with Crippen LogP contribution < -0.4 is 10.1 Å². The minimum atomic E-state index is -1.26. The average Bonchev–Trinajstić information content (AvgIpc) is 3.34. The van der Waals surface area contributed by atoms with Crippen LogP contribution in [0.3, 0.4) is 0 Å². The maximum absolute atomic E-state index is 13.3. The van der Waals surface area contributed by atoms with Gasteiger partial charge in [-0.15, -0.1) is 11.3 Å². The number of aliphatic hydroxyl groups is 1. The molecule has 0 bridgehead atoms. The highest BCUT2D eigenvalue weighted by molar-refractivity contribution is 7.10. The lowest BCUT2D eigenvalue weighted by molar-refractivity contribution is -0.144. The lowest BCUT2D eigenvalue weighted by Gasteiger charge is -2.48. The number of carbonyl (C=O) groups is 2. The van der Waals surface area contributed by atoms with Crippen LogP contribution in [0.1, 0.15) is 34.6 Å². The van der Waals surface area contributed by atoms with Gasteiger partial charge in [0.15, 0.2) is 6.61 Å². The summed E-state index contributed by atoms with van der Waals surface area (Å²) in [4.78, 5) is 28.6. The summed E-state index contributed by atoms with van der Waals surface area (Å²) in [5, 5.41) is 16.0. The van der Waals surface area contributed by atoms with E-state index in [-0.39, 0.29) is 24.5 Å². The fourth-order valence-electron chi connectivity index (χ4n) is 4.02. The number of nitrogens with zero attached hydrogens (tertiary/aromatic N) is 1. The number of ether oxygens (including phenoxy) is 1. The van der Waals surface area contributed by atoms with Crippen molar-refractivity contribution in [2.24, 2.45) is 0 Å². The molecule has 4 rings (SSSR count). The van der Waals surface area contributed by atoms with Crippen LogP contribution in [0.5, 0.6) is 5.75 Å². The third-order valence-electron chi connectivity index (χ3n) is 5.83. The number of nitrogens with one attached hydrogen (secondary N) is 1. The molecule has 0 spiro atoms. The molecule has 0 saturated carbocycles. The number of hydrogen-bond acceptors (Lipinski definition) is 5. The van der Waals surface area contributed by atoms with E-state index < -0.39 is 29.4 Å². The van der Waals surface area contributed by atoms with E-state index in [0.29, 0.717) is 12.3 Å². The Labute approximate surface area is 195 Å². The van der Waals surface area contributed by atoms with Gasteiger partial charge in [0, 0.05) is 17.0 Å². The quantitative estimate of drug-likeness (QED) is 0.577. The van der Waals surface area contributed by atoms with E-state index >= 15 is 0 Å². The third-order valence-corrected chi connectivity index (χ3v) is 6.78. The lowest BCUT2D eigenvalue weighted by Crippen LogP contribution is -2.63. The minimum Gasteiger partial charge on any atom is -0.484 e. The molecule has 0 unspecified atom stereocenters. The largest absolute Gasteiger partial charge is 0.484 e. The van der Waals surface area contributed by atoms with Gasteiger partial charge in [-0.05, 0) is 61.2 Å². The third kappa shape index (κ3) is 5.23. The zero-order chi connectivity index (χ0) is 23.4. The summed E-state index contributed by atoms with van der Waals surface area (Å²) in [5.41, 5.74) is -0.991. The van der Waals surface area contributed by atoms with Crippen LogP contribution >= 0.6 is 11.3 Å². The summed E-state index contributed by atoms with van der Waals surface area (Å²) in [6.07, 6.45) is 0.278. The van der Waals surface area contributed by atoms with E-state index in [9.17, 15) is 19.1 Å². The number of halogens is 1. The number of hydrogen-bond donors (Lipinski definition) is 2. The molecule has 2 aromatic carbocycles. The first-order chi connectivity index (χ1) is 15.8. The predicted octanol–water partition coefficient (Wildman–Crippen LogP) is 3.79. The van der Waals surface area contributed by atoms with Gasteiger partial charge >= 0.3 is 0 Å². The molecule has 0 radical (unpaired) electrons. The van der Waals surface area contributed by atoms with E-state index in [1.165, 1.54) is 35.6 Å². The van der Waals surface area contributed by atoms with Gasteiger partial charge in [0.05, 0.1) is 17.7 Å². The van der Waals surface area contributed by atoms with Gasteiger partial charge in [-0.3, -0.25) is 9.59 Å². The molecule has 3 atom stereocenters. The van der Waals surface area contributed by atoms with Crippen molar-refractivity contribution in [2.75, 3.05) is 13.2 Å². The topological polar surface area (TPSA) is 78.9 Å². The standard InChI is InChI=1S/C25H25FN2O4S/c1-25(31)13-14-28(21(29)16-32-19-6-3-2-4-7-19)22(20-8-5-15-33-20)23(25)27-24(30)17-9-11-18(26)12-10-17/h2-12,15,22-23,31H,13-14,16H2,1H3,(H,27,30)/t22-,23-,25+/m0/s1. The Morgan fingerprint density at radius 1 is 1.15 bits per heavy atom. The summed E-state index contributed by atoms with van der Waals surface area (Å²) in [5.74, 6) is -0.544. The number of likely N-dealkylation sites (tertiary alicyclic amines) is 1. The molecular formula is C25H25FN2O4S. The summed E-state index contributed by atoms with van der Waals surface area (Å²) in [6, 6.07) is 16.7. The fraction of sp³-hybridized carbons (Fsp3) is 0.280. The summed E-state index contributed by atoms with van der Waals surface area (Å²) in [7, 11) is 0. The van der Waals surface area contributed by atoms with Crippen molar-refractivity contribution in [2.45, 2.75) is 31.0 Å². The molecule has 1 fully saturated rings.